The summed E-state index contributed by atoms with van der Waals surface area (Å²) < 4.78 is 1.95. The first-order valence-corrected chi connectivity index (χ1v) is 8.62. The summed E-state index contributed by atoms with van der Waals surface area (Å²) in [5, 5.41) is 23.5. The highest BCUT2D eigenvalue weighted by atomic mass is 16.4. The van der Waals surface area contributed by atoms with Crippen LogP contribution in [-0.2, 0) is 11.3 Å². The molecule has 3 rings (SSSR count). The van der Waals surface area contributed by atoms with E-state index in [1.807, 2.05) is 4.68 Å². The molecule has 1 aromatic rings. The van der Waals surface area contributed by atoms with Gasteiger partial charge >= 0.3 is 5.97 Å². The minimum atomic E-state index is -1.71. The van der Waals surface area contributed by atoms with E-state index < -0.39 is 11.6 Å². The van der Waals surface area contributed by atoms with Crippen molar-refractivity contribution in [1.82, 2.24) is 14.7 Å². The quantitative estimate of drug-likeness (QED) is 0.849. The fraction of sp³-hybridized carbons (Fsp3) is 0.706. The van der Waals surface area contributed by atoms with Gasteiger partial charge < -0.3 is 15.1 Å². The Morgan fingerprint density at radius 1 is 1.33 bits per heavy atom. The highest BCUT2D eigenvalue weighted by molar-refractivity contribution is 5.95. The molecule has 24 heavy (non-hydrogen) atoms. The zero-order valence-electron chi connectivity index (χ0n) is 14.2. The molecule has 0 bridgehead atoms. The predicted octanol–water partition coefficient (Wildman–Crippen LogP) is 1.47. The van der Waals surface area contributed by atoms with E-state index in [0.717, 1.165) is 25.1 Å². The van der Waals surface area contributed by atoms with Crippen LogP contribution in [0.2, 0.25) is 0 Å². The van der Waals surface area contributed by atoms with E-state index in [4.69, 9.17) is 5.11 Å². The topological polar surface area (TPSA) is 95.7 Å². The van der Waals surface area contributed by atoms with E-state index in [2.05, 4.69) is 18.9 Å². The third-order valence-corrected chi connectivity index (χ3v) is 4.89. The molecule has 2 N–H and O–H groups in total. The number of carbonyl (C=O) groups excluding carboxylic acids is 1. The molecule has 1 aliphatic heterocycles. The average Bonchev–Trinajstić information content (AvgIpc) is 3.28. The number of carboxylic acids is 1. The summed E-state index contributed by atoms with van der Waals surface area (Å²) in [6.45, 7) is 5.54. The number of amides is 1. The van der Waals surface area contributed by atoms with Gasteiger partial charge in [0.25, 0.3) is 5.91 Å². The summed E-state index contributed by atoms with van der Waals surface area (Å²) in [6.07, 6.45) is 3.95. The Bertz CT molecular complexity index is 640. The predicted molar refractivity (Wildman–Crippen MR) is 86.8 cm³/mol. The van der Waals surface area contributed by atoms with Gasteiger partial charge in [0.2, 0.25) is 0 Å². The van der Waals surface area contributed by atoms with Gasteiger partial charge in [-0.1, -0.05) is 13.8 Å². The molecule has 0 unspecified atom stereocenters. The highest BCUT2D eigenvalue weighted by Crippen LogP contribution is 2.42. The van der Waals surface area contributed by atoms with Gasteiger partial charge in [-0.3, -0.25) is 9.48 Å². The van der Waals surface area contributed by atoms with Crippen molar-refractivity contribution in [2.75, 3.05) is 13.1 Å². The van der Waals surface area contributed by atoms with Gasteiger partial charge in [0, 0.05) is 38.4 Å². The number of aliphatic hydroxyl groups is 1. The average molecular weight is 335 g/mol. The van der Waals surface area contributed by atoms with E-state index in [0.29, 0.717) is 17.4 Å². The second-order valence-corrected chi connectivity index (χ2v) is 7.42. The maximum Gasteiger partial charge on any atom is 0.335 e. The molecule has 7 heteroatoms. The lowest BCUT2D eigenvalue weighted by atomic mass is 9.91. The lowest BCUT2D eigenvalue weighted by molar-refractivity contribution is -0.162. The van der Waals surface area contributed by atoms with Gasteiger partial charge in [-0.15, -0.1) is 0 Å². The Labute approximate surface area is 141 Å². The molecule has 2 fully saturated rings. The molecule has 2 aliphatic rings. The normalized spacial score (nSPS) is 20.4. The summed E-state index contributed by atoms with van der Waals surface area (Å²) >= 11 is 0. The first kappa shape index (κ1) is 17.0. The number of aromatic nitrogens is 2. The Kier molecular flexibility index (Phi) is 4.38. The molecular weight excluding hydrogens is 310 g/mol. The molecule has 2 heterocycles. The molecule has 0 radical (unpaired) electrons. The third kappa shape index (κ3) is 3.17. The lowest BCUT2D eigenvalue weighted by Crippen LogP contribution is -2.50. The van der Waals surface area contributed by atoms with Gasteiger partial charge in [0.1, 0.15) is 0 Å². The van der Waals surface area contributed by atoms with Crippen molar-refractivity contribution in [3.63, 3.8) is 0 Å². The van der Waals surface area contributed by atoms with Crippen molar-refractivity contribution in [3.05, 3.63) is 17.5 Å². The van der Waals surface area contributed by atoms with E-state index in [1.54, 1.807) is 11.1 Å². The summed E-state index contributed by atoms with van der Waals surface area (Å²) in [6, 6.07) is 0. The van der Waals surface area contributed by atoms with Crippen LogP contribution in [0.15, 0.2) is 6.20 Å². The molecule has 0 atom stereocenters. The molecule has 1 aromatic heterocycles. The van der Waals surface area contributed by atoms with E-state index >= 15 is 0 Å². The minimum Gasteiger partial charge on any atom is -0.479 e. The number of rotatable bonds is 5. The van der Waals surface area contributed by atoms with Crippen molar-refractivity contribution in [1.29, 1.82) is 0 Å². The van der Waals surface area contributed by atoms with Crippen LogP contribution in [0.5, 0.6) is 0 Å². The van der Waals surface area contributed by atoms with Gasteiger partial charge in [-0.05, 0) is 18.8 Å². The number of hydrogen-bond donors (Lipinski definition) is 2. The standard InChI is InChI=1S/C17H25N3O4/c1-11(2)10-20-14(12-3-4-12)13(9-18-20)15(21)19-7-5-17(24,6-8-19)16(22)23/h9,11-12,24H,3-8,10H2,1-2H3,(H,22,23). The molecule has 1 saturated heterocycles. The van der Waals surface area contributed by atoms with Gasteiger partial charge in [-0.2, -0.15) is 5.10 Å². The molecule has 0 spiro atoms. The Morgan fingerprint density at radius 2 is 1.96 bits per heavy atom. The number of carboxylic acid groups (broad SMARTS) is 1. The first-order valence-electron chi connectivity index (χ1n) is 8.62. The maximum atomic E-state index is 12.9. The van der Waals surface area contributed by atoms with Crippen molar-refractivity contribution < 1.29 is 19.8 Å². The zero-order chi connectivity index (χ0) is 17.5. The fourth-order valence-corrected chi connectivity index (χ4v) is 3.30. The Morgan fingerprint density at radius 3 is 2.46 bits per heavy atom. The van der Waals surface area contributed by atoms with Gasteiger partial charge in [0.05, 0.1) is 17.5 Å². The monoisotopic (exact) mass is 335 g/mol. The first-order chi connectivity index (χ1) is 11.3. The van der Waals surface area contributed by atoms with E-state index in [-0.39, 0.29) is 31.8 Å². The molecule has 1 aliphatic carbocycles. The molecule has 1 saturated carbocycles. The molecule has 132 valence electrons. The van der Waals surface area contributed by atoms with Crippen LogP contribution in [0, 0.1) is 5.92 Å². The second-order valence-electron chi connectivity index (χ2n) is 7.42. The van der Waals surface area contributed by atoms with Crippen molar-refractivity contribution >= 4 is 11.9 Å². The SMILES string of the molecule is CC(C)Cn1ncc(C(=O)N2CCC(O)(C(=O)O)CC2)c1C1CC1. The van der Waals surface area contributed by atoms with Crippen LogP contribution >= 0.6 is 0 Å². The van der Waals surface area contributed by atoms with Crippen molar-refractivity contribution in [2.45, 2.75) is 57.6 Å². The fourth-order valence-electron chi connectivity index (χ4n) is 3.30. The lowest BCUT2D eigenvalue weighted by Gasteiger charge is -2.35. The molecular formula is C17H25N3O4. The number of aliphatic carboxylic acids is 1. The van der Waals surface area contributed by atoms with Crippen LogP contribution in [0.25, 0.3) is 0 Å². The smallest absolute Gasteiger partial charge is 0.335 e. The van der Waals surface area contributed by atoms with Crippen LogP contribution in [0.3, 0.4) is 0 Å². The van der Waals surface area contributed by atoms with Gasteiger partial charge in [0.15, 0.2) is 5.60 Å². The van der Waals surface area contributed by atoms with Crippen LogP contribution in [-0.4, -0.2) is 55.5 Å². The second kappa shape index (κ2) is 6.20. The highest BCUT2D eigenvalue weighted by Gasteiger charge is 2.41. The number of piperidine rings is 1. The number of nitrogens with zero attached hydrogens (tertiary/aromatic N) is 3. The number of hydrogen-bond acceptors (Lipinski definition) is 4. The van der Waals surface area contributed by atoms with Gasteiger partial charge in [-0.25, -0.2) is 4.79 Å². The van der Waals surface area contributed by atoms with E-state index in [1.165, 1.54) is 0 Å². The molecule has 7 nitrogen and oxygen atoms in total. The van der Waals surface area contributed by atoms with E-state index in [9.17, 15) is 14.7 Å². The Hall–Kier alpha value is -1.89. The minimum absolute atomic E-state index is 0.0625. The molecule has 1 amide bonds. The summed E-state index contributed by atoms with van der Waals surface area (Å²) in [5.74, 6) is -0.450. The third-order valence-electron chi connectivity index (χ3n) is 4.89. The molecule has 0 aromatic carbocycles. The van der Waals surface area contributed by atoms with Crippen molar-refractivity contribution in [3.8, 4) is 0 Å². The van der Waals surface area contributed by atoms with Crippen molar-refractivity contribution in [2.24, 2.45) is 5.92 Å². The largest absolute Gasteiger partial charge is 0.479 e. The summed E-state index contributed by atoms with van der Waals surface area (Å²) in [7, 11) is 0. The summed E-state index contributed by atoms with van der Waals surface area (Å²) in [4.78, 5) is 25.6. The van der Waals surface area contributed by atoms with Crippen LogP contribution in [0.4, 0.5) is 0 Å². The Balaban J connectivity index is 1.76. The van der Waals surface area contributed by atoms with Crippen LogP contribution in [0.1, 0.15) is 61.5 Å². The summed E-state index contributed by atoms with van der Waals surface area (Å²) in [5.41, 5.74) is -0.0514. The number of likely N-dealkylation sites (tertiary alicyclic amines) is 1. The number of carbonyl (C=O) groups is 2. The zero-order valence-corrected chi connectivity index (χ0v) is 14.2. The maximum absolute atomic E-state index is 12.9. The van der Waals surface area contributed by atoms with Crippen LogP contribution < -0.4 is 0 Å².